The Bertz CT molecular complexity index is 400. The van der Waals surface area contributed by atoms with Crippen LogP contribution in [0.3, 0.4) is 0 Å². The molecule has 24 heavy (non-hydrogen) atoms. The number of carbonyl (C=O) groups is 1. The number of carboxylic acid groups (broad SMARTS) is 1. The van der Waals surface area contributed by atoms with Crippen molar-refractivity contribution in [1.29, 1.82) is 0 Å². The predicted molar refractivity (Wildman–Crippen MR) is 78.2 cm³/mol. The molecule has 139 valence electrons. The van der Waals surface area contributed by atoms with Crippen molar-refractivity contribution >= 4 is 18.6 Å². The summed E-state index contributed by atoms with van der Waals surface area (Å²) in [5.74, 6) is -1.16. The molecular formula is C11H19ClCrN4O6S-. The minimum Gasteiger partial charge on any atom is -0.679 e. The summed E-state index contributed by atoms with van der Waals surface area (Å²) >= 11 is 3.13. The van der Waals surface area contributed by atoms with Gasteiger partial charge >= 0.3 is 17.4 Å². The van der Waals surface area contributed by atoms with Crippen LogP contribution in [0.15, 0.2) is 29.2 Å². The first-order chi connectivity index (χ1) is 10.5. The molecule has 1 aromatic carbocycles. The number of nitrogens with one attached hydrogen (secondary N) is 4. The molecule has 10 nitrogen and oxygen atoms in total. The van der Waals surface area contributed by atoms with Gasteiger partial charge in [-0.3, -0.25) is 0 Å². The van der Waals surface area contributed by atoms with E-state index in [-0.39, 0.29) is 49.1 Å². The Kier molecular flexibility index (Phi) is 26.9. The summed E-state index contributed by atoms with van der Waals surface area (Å²) in [7, 11) is -4.69. The van der Waals surface area contributed by atoms with E-state index in [1.807, 2.05) is 0 Å². The summed E-state index contributed by atoms with van der Waals surface area (Å²) < 4.78 is 32.7. The third kappa shape index (κ3) is 33.2. The van der Waals surface area contributed by atoms with Gasteiger partial charge in [0.15, 0.2) is 4.90 Å². The molecule has 5 N–H and O–H groups in total. The zero-order chi connectivity index (χ0) is 18.9. The third-order valence-electron chi connectivity index (χ3n) is 1.40. The Labute approximate surface area is 158 Å². The second-order valence-corrected chi connectivity index (χ2v) is 4.56. The minimum atomic E-state index is -4.69. The molecule has 0 bridgehead atoms. The number of carbonyl (C=O) groups excluding carboxylic acids is 1. The fourth-order valence-electron chi connectivity index (χ4n) is 0.661. The van der Waals surface area contributed by atoms with Gasteiger partial charge in [-0.15, -0.1) is 0 Å². The van der Waals surface area contributed by atoms with Crippen LogP contribution in [0.1, 0.15) is 10.4 Å². The fourth-order valence-corrected chi connectivity index (χ4v) is 0.943. The predicted octanol–water partition coefficient (Wildman–Crippen LogP) is -2.52. The topological polar surface area (TPSA) is 225 Å². The number of halogens is 1. The van der Waals surface area contributed by atoms with Crippen molar-refractivity contribution in [2.75, 3.05) is 26.2 Å². The Morgan fingerprint density at radius 1 is 1.00 bits per heavy atom. The molecule has 1 aromatic rings. The molecule has 0 unspecified atom stereocenters. The number of carboxylic acids is 1. The molecule has 0 saturated carbocycles. The zero-order valence-electron chi connectivity index (χ0n) is 12.4. The van der Waals surface area contributed by atoms with Gasteiger partial charge in [-0.05, 0) is 24.8 Å². The maximum Gasteiger partial charge on any atom is 3.00 e. The molecule has 0 aliphatic heterocycles. The molecule has 0 atom stereocenters. The van der Waals surface area contributed by atoms with Gasteiger partial charge in [0.05, 0.1) is 26.4 Å². The Morgan fingerprint density at radius 3 is 1.46 bits per heavy atom. The molecule has 0 amide bonds. The molecule has 1 radical (unpaired) electrons. The first kappa shape index (κ1) is 31.3. The van der Waals surface area contributed by atoms with E-state index >= 15 is 0 Å². The minimum absolute atomic E-state index is 0. The van der Waals surface area contributed by atoms with Gasteiger partial charge in [0.2, 0.25) is 0 Å². The molecule has 0 spiro atoms. The second kappa shape index (κ2) is 20.6. The van der Waals surface area contributed by atoms with Crippen LogP contribution >= 0.6 is 0 Å². The van der Waals surface area contributed by atoms with Crippen molar-refractivity contribution in [2.45, 2.75) is 4.90 Å². The van der Waals surface area contributed by atoms with Gasteiger partial charge in [-0.1, -0.05) is 12.1 Å². The molecule has 0 fully saturated rings. The maximum absolute atomic E-state index is 10.3. The van der Waals surface area contributed by atoms with Gasteiger partial charge in [0, 0.05) is 0 Å². The average Bonchev–Trinajstić information content (AvgIpc) is 2.46. The Balaban J connectivity index is -0.000000122. The van der Waals surface area contributed by atoms with Crippen LogP contribution in [0.2, 0.25) is 0 Å². The van der Waals surface area contributed by atoms with Crippen LogP contribution in [0.5, 0.6) is 0 Å². The van der Waals surface area contributed by atoms with Crippen molar-refractivity contribution in [3.05, 3.63) is 52.8 Å². The smallest absolute Gasteiger partial charge is 0.679 e. The van der Waals surface area contributed by atoms with E-state index in [4.69, 9.17) is 41.6 Å². The molecule has 1 rings (SSSR count). The Hall–Kier alpha value is -0.458. The summed E-state index contributed by atoms with van der Waals surface area (Å²) in [6.45, 7) is 0.944. The average molecular weight is 423 g/mol. The standard InChI is InChI=1S/C7H6O2S.2C2H6N2.ClHO4.Cr/c8-7(9)5-3-1-2-4-6(5)10;2*3-1-2-4;2-1(3,4)5;/h1-4,10H,(H,8,9);2*3-4H,1-2H2;(H,2,3,4,5);/q;2*-2;;+3. The van der Waals surface area contributed by atoms with E-state index in [2.05, 4.69) is 12.6 Å². The van der Waals surface area contributed by atoms with Crippen LogP contribution in [-0.2, 0) is 30.0 Å². The van der Waals surface area contributed by atoms with Crippen molar-refractivity contribution < 1.29 is 56.1 Å². The normalized spacial score (nSPS) is 8.88. The summed E-state index contributed by atoms with van der Waals surface area (Å²) in [4.78, 5) is 10.8. The van der Waals surface area contributed by atoms with Crippen molar-refractivity contribution in [3.8, 4) is 0 Å². The van der Waals surface area contributed by atoms with Gasteiger partial charge < -0.3 is 32.8 Å². The Morgan fingerprint density at radius 2 is 1.29 bits per heavy atom. The van der Waals surface area contributed by atoms with Gasteiger partial charge in [-0.2, -0.15) is 40.2 Å². The number of benzene rings is 1. The number of rotatable bonds is 3. The van der Waals surface area contributed by atoms with E-state index < -0.39 is 16.2 Å². The summed E-state index contributed by atoms with van der Waals surface area (Å²) in [5, 5.41) is 10.3. The van der Waals surface area contributed by atoms with E-state index in [0.29, 0.717) is 4.90 Å². The molecule has 0 aliphatic carbocycles. The van der Waals surface area contributed by atoms with Crippen molar-refractivity contribution in [2.24, 2.45) is 0 Å². The SMILES string of the molecule is O=C([O-])c1ccccc1[SH2+].[Cr+3].[NH-]CC[NH-].[NH-]CC[NH-].[O-][Cl+3]([O-])([O-])O. The largest absolute Gasteiger partial charge is 3.00 e. The van der Waals surface area contributed by atoms with Crippen LogP contribution < -0.4 is 19.1 Å². The fraction of sp³-hybridized carbons (Fsp3) is 0.364. The van der Waals surface area contributed by atoms with Gasteiger partial charge in [-0.25, -0.2) is 0 Å². The van der Waals surface area contributed by atoms with Crippen molar-refractivity contribution in [1.82, 2.24) is 0 Å². The van der Waals surface area contributed by atoms with Gasteiger partial charge in [0.1, 0.15) is 0 Å². The van der Waals surface area contributed by atoms with E-state index in [9.17, 15) is 9.90 Å². The molecule has 0 heterocycles. The summed E-state index contributed by atoms with van der Waals surface area (Å²) in [5.41, 5.74) is 25.2. The van der Waals surface area contributed by atoms with Gasteiger partial charge in [0.25, 0.3) is 0 Å². The number of aromatic carboxylic acids is 1. The second-order valence-electron chi connectivity index (χ2n) is 3.23. The molecule has 0 aliphatic rings. The third-order valence-corrected chi connectivity index (χ3v) is 1.83. The quantitative estimate of drug-likeness (QED) is 0.516. The monoisotopic (exact) mass is 422 g/mol. The summed E-state index contributed by atoms with van der Waals surface area (Å²) in [6, 6.07) is 6.53. The van der Waals surface area contributed by atoms with Crippen molar-refractivity contribution in [3.63, 3.8) is 0 Å². The molecule has 13 heteroatoms. The van der Waals surface area contributed by atoms with Crippen LogP contribution in [0.4, 0.5) is 0 Å². The van der Waals surface area contributed by atoms with Crippen LogP contribution in [0, 0.1) is 10.2 Å². The molecule has 0 aromatic heterocycles. The van der Waals surface area contributed by atoms with E-state index in [1.165, 1.54) is 6.07 Å². The number of hydrogen-bond donors (Lipinski definition) is 1. The summed E-state index contributed by atoms with van der Waals surface area (Å²) in [6.07, 6.45) is 0. The van der Waals surface area contributed by atoms with E-state index in [1.54, 1.807) is 18.2 Å². The van der Waals surface area contributed by atoms with E-state index in [0.717, 1.165) is 0 Å². The zero-order valence-corrected chi connectivity index (χ0v) is 15.4. The molecule has 0 saturated heterocycles. The van der Waals surface area contributed by atoms with Crippen LogP contribution in [0.25, 0.3) is 22.9 Å². The first-order valence-electron chi connectivity index (χ1n) is 5.78. The molecular weight excluding hydrogens is 404 g/mol. The maximum atomic E-state index is 10.3. The first-order valence-corrected chi connectivity index (χ1v) is 7.55. The van der Waals surface area contributed by atoms with Crippen LogP contribution in [-0.4, -0.2) is 36.8 Å². The number of hydrogen-bond acceptors (Lipinski definition) is 6.